The molecular weight excluding hydrogens is 246 g/mol. The zero-order valence-corrected chi connectivity index (χ0v) is 11.9. The standard InChI is InChI=1S/C14H23NO4/c1-14(2,3)19-13(18)15-5-4-9-6-10(12(16)17)7-11(9)8-15/h9-11H,4-8H2,1-3H3,(H,16,17)/t9-,10+,11-/m0/s1. The van der Waals surface area contributed by atoms with Crippen LogP contribution in [0.25, 0.3) is 0 Å². The molecule has 2 aliphatic rings. The second-order valence-corrected chi connectivity index (χ2v) is 6.74. The van der Waals surface area contributed by atoms with Gasteiger partial charge in [0.2, 0.25) is 0 Å². The topological polar surface area (TPSA) is 66.8 Å². The fraction of sp³-hybridized carbons (Fsp3) is 0.857. The van der Waals surface area contributed by atoms with Crippen LogP contribution in [0.5, 0.6) is 0 Å². The Bertz CT molecular complexity index is 374. The summed E-state index contributed by atoms with van der Waals surface area (Å²) in [7, 11) is 0. The van der Waals surface area contributed by atoms with Gasteiger partial charge in [-0.2, -0.15) is 0 Å². The summed E-state index contributed by atoms with van der Waals surface area (Å²) in [5.74, 6) is -0.144. The van der Waals surface area contributed by atoms with Gasteiger partial charge in [-0.15, -0.1) is 0 Å². The molecule has 1 amide bonds. The maximum atomic E-state index is 12.0. The van der Waals surface area contributed by atoms with Gasteiger partial charge in [0.1, 0.15) is 5.60 Å². The molecule has 5 nitrogen and oxygen atoms in total. The Labute approximate surface area is 113 Å². The summed E-state index contributed by atoms with van der Waals surface area (Å²) in [4.78, 5) is 24.8. The van der Waals surface area contributed by atoms with Gasteiger partial charge < -0.3 is 14.7 Å². The Morgan fingerprint density at radius 3 is 2.42 bits per heavy atom. The lowest BCUT2D eigenvalue weighted by Gasteiger charge is -2.35. The number of carboxylic acids is 1. The van der Waals surface area contributed by atoms with Crippen molar-refractivity contribution in [1.29, 1.82) is 0 Å². The minimum atomic E-state index is -0.696. The number of carbonyl (C=O) groups excluding carboxylic acids is 1. The Morgan fingerprint density at radius 2 is 1.84 bits per heavy atom. The van der Waals surface area contributed by atoms with E-state index < -0.39 is 11.6 Å². The van der Waals surface area contributed by atoms with E-state index in [1.54, 1.807) is 4.90 Å². The summed E-state index contributed by atoms with van der Waals surface area (Å²) in [6.45, 7) is 6.89. The molecule has 0 unspecified atom stereocenters. The van der Waals surface area contributed by atoms with Crippen molar-refractivity contribution in [3.8, 4) is 0 Å². The molecule has 0 bridgehead atoms. The van der Waals surface area contributed by atoms with Crippen molar-refractivity contribution in [1.82, 2.24) is 4.90 Å². The molecule has 2 rings (SSSR count). The Balaban J connectivity index is 1.92. The van der Waals surface area contributed by atoms with E-state index in [1.165, 1.54) is 0 Å². The van der Waals surface area contributed by atoms with Crippen LogP contribution in [-0.4, -0.2) is 40.8 Å². The molecule has 108 valence electrons. The molecule has 1 saturated heterocycles. The number of aliphatic carboxylic acids is 1. The van der Waals surface area contributed by atoms with Crippen LogP contribution in [-0.2, 0) is 9.53 Å². The number of amides is 1. The van der Waals surface area contributed by atoms with Gasteiger partial charge in [-0.05, 0) is 51.9 Å². The molecule has 2 fully saturated rings. The lowest BCUT2D eigenvalue weighted by atomic mass is 9.89. The van der Waals surface area contributed by atoms with Crippen LogP contribution < -0.4 is 0 Å². The van der Waals surface area contributed by atoms with Crippen molar-refractivity contribution in [3.63, 3.8) is 0 Å². The Kier molecular flexibility index (Phi) is 3.74. The van der Waals surface area contributed by atoms with E-state index >= 15 is 0 Å². The summed E-state index contributed by atoms with van der Waals surface area (Å²) in [6.07, 6.45) is 2.08. The molecule has 19 heavy (non-hydrogen) atoms. The third-order valence-electron chi connectivity index (χ3n) is 4.07. The zero-order chi connectivity index (χ0) is 14.2. The molecule has 0 aromatic carbocycles. The Morgan fingerprint density at radius 1 is 1.21 bits per heavy atom. The fourth-order valence-electron chi connectivity index (χ4n) is 3.18. The number of fused-ring (bicyclic) bond motifs is 1. The molecule has 1 N–H and O–H groups in total. The lowest BCUT2D eigenvalue weighted by molar-refractivity contribution is -0.141. The van der Waals surface area contributed by atoms with Crippen LogP contribution >= 0.6 is 0 Å². The van der Waals surface area contributed by atoms with Gasteiger partial charge >= 0.3 is 12.1 Å². The maximum Gasteiger partial charge on any atom is 0.410 e. The summed E-state index contributed by atoms with van der Waals surface area (Å²) >= 11 is 0. The molecule has 0 radical (unpaired) electrons. The van der Waals surface area contributed by atoms with E-state index in [9.17, 15) is 9.59 Å². The molecule has 1 heterocycles. The Hall–Kier alpha value is -1.26. The van der Waals surface area contributed by atoms with Crippen LogP contribution in [0.2, 0.25) is 0 Å². The highest BCUT2D eigenvalue weighted by Gasteiger charge is 2.42. The van der Waals surface area contributed by atoms with E-state index in [2.05, 4.69) is 0 Å². The molecule has 1 saturated carbocycles. The van der Waals surface area contributed by atoms with E-state index in [0.29, 0.717) is 31.3 Å². The van der Waals surface area contributed by atoms with Gasteiger partial charge in [-0.3, -0.25) is 4.79 Å². The number of hydrogen-bond acceptors (Lipinski definition) is 3. The van der Waals surface area contributed by atoms with Crippen LogP contribution in [0.1, 0.15) is 40.0 Å². The third kappa shape index (κ3) is 3.39. The first-order valence-electron chi connectivity index (χ1n) is 6.97. The van der Waals surface area contributed by atoms with Crippen LogP contribution in [0.4, 0.5) is 4.79 Å². The number of carboxylic acid groups (broad SMARTS) is 1. The van der Waals surface area contributed by atoms with Crippen molar-refractivity contribution in [2.24, 2.45) is 17.8 Å². The smallest absolute Gasteiger partial charge is 0.410 e. The zero-order valence-electron chi connectivity index (χ0n) is 11.9. The number of piperidine rings is 1. The minimum Gasteiger partial charge on any atom is -0.481 e. The highest BCUT2D eigenvalue weighted by Crippen LogP contribution is 2.41. The molecular formula is C14H23NO4. The first-order valence-corrected chi connectivity index (χ1v) is 6.97. The number of carbonyl (C=O) groups is 2. The molecule has 0 spiro atoms. The number of rotatable bonds is 1. The van der Waals surface area contributed by atoms with Crippen molar-refractivity contribution in [3.05, 3.63) is 0 Å². The molecule has 1 aliphatic carbocycles. The third-order valence-corrected chi connectivity index (χ3v) is 4.07. The average molecular weight is 269 g/mol. The van der Waals surface area contributed by atoms with Gasteiger partial charge in [0.05, 0.1) is 5.92 Å². The van der Waals surface area contributed by atoms with E-state index in [1.807, 2.05) is 20.8 Å². The number of likely N-dealkylation sites (tertiary alicyclic amines) is 1. The molecule has 5 heteroatoms. The molecule has 1 aliphatic heterocycles. The maximum absolute atomic E-state index is 12.0. The van der Waals surface area contributed by atoms with Gasteiger partial charge in [0.15, 0.2) is 0 Å². The minimum absolute atomic E-state index is 0.228. The number of ether oxygens (including phenoxy) is 1. The summed E-state index contributed by atoms with van der Waals surface area (Å²) < 4.78 is 5.37. The largest absolute Gasteiger partial charge is 0.481 e. The SMILES string of the molecule is CC(C)(C)OC(=O)N1CC[C@H]2C[C@@H](C(=O)O)C[C@H]2C1. The monoisotopic (exact) mass is 269 g/mol. The van der Waals surface area contributed by atoms with E-state index in [-0.39, 0.29) is 12.0 Å². The second-order valence-electron chi connectivity index (χ2n) is 6.74. The van der Waals surface area contributed by atoms with Gasteiger partial charge in [0.25, 0.3) is 0 Å². The first-order chi connectivity index (χ1) is 8.76. The fourth-order valence-corrected chi connectivity index (χ4v) is 3.18. The normalized spacial score (nSPS) is 30.9. The van der Waals surface area contributed by atoms with E-state index in [4.69, 9.17) is 9.84 Å². The van der Waals surface area contributed by atoms with Gasteiger partial charge in [-0.1, -0.05) is 0 Å². The molecule has 0 aromatic rings. The van der Waals surface area contributed by atoms with Crippen LogP contribution in [0.15, 0.2) is 0 Å². The van der Waals surface area contributed by atoms with Gasteiger partial charge in [-0.25, -0.2) is 4.79 Å². The number of hydrogen-bond donors (Lipinski definition) is 1. The van der Waals surface area contributed by atoms with Crippen molar-refractivity contribution < 1.29 is 19.4 Å². The van der Waals surface area contributed by atoms with Gasteiger partial charge in [0, 0.05) is 13.1 Å². The average Bonchev–Trinajstić information content (AvgIpc) is 2.69. The predicted octanol–water partition coefficient (Wildman–Crippen LogP) is 2.35. The predicted molar refractivity (Wildman–Crippen MR) is 69.8 cm³/mol. The summed E-state index contributed by atoms with van der Waals surface area (Å²) in [6, 6.07) is 0. The summed E-state index contributed by atoms with van der Waals surface area (Å²) in [5.41, 5.74) is -0.479. The van der Waals surface area contributed by atoms with Crippen molar-refractivity contribution in [2.45, 2.75) is 45.6 Å². The highest BCUT2D eigenvalue weighted by molar-refractivity contribution is 5.71. The highest BCUT2D eigenvalue weighted by atomic mass is 16.6. The van der Waals surface area contributed by atoms with Crippen molar-refractivity contribution in [2.75, 3.05) is 13.1 Å². The molecule has 3 atom stereocenters. The number of nitrogens with zero attached hydrogens (tertiary/aromatic N) is 1. The summed E-state index contributed by atoms with van der Waals surface area (Å²) in [5, 5.41) is 9.08. The molecule has 0 aromatic heterocycles. The van der Waals surface area contributed by atoms with Crippen LogP contribution in [0.3, 0.4) is 0 Å². The van der Waals surface area contributed by atoms with E-state index in [0.717, 1.165) is 12.8 Å². The second kappa shape index (κ2) is 5.02. The first kappa shape index (κ1) is 14.2. The van der Waals surface area contributed by atoms with Crippen molar-refractivity contribution >= 4 is 12.1 Å². The lowest BCUT2D eigenvalue weighted by Crippen LogP contribution is -2.44. The quantitative estimate of drug-likeness (QED) is 0.793. The van der Waals surface area contributed by atoms with Crippen LogP contribution in [0, 0.1) is 17.8 Å².